The number of hydrogen-bond acceptors (Lipinski definition) is 6. The zero-order chi connectivity index (χ0) is 17.1. The molecule has 7 heteroatoms. The first-order valence-corrected chi connectivity index (χ1v) is 8.75. The van der Waals surface area contributed by atoms with Gasteiger partial charge in [0.1, 0.15) is 0 Å². The Labute approximate surface area is 146 Å². The molecule has 130 valence electrons. The highest BCUT2D eigenvalue weighted by molar-refractivity contribution is 5.49. The van der Waals surface area contributed by atoms with E-state index in [0.29, 0.717) is 5.89 Å². The lowest BCUT2D eigenvalue weighted by Crippen LogP contribution is -2.29. The molecule has 4 rings (SSSR count). The fraction of sp³-hybridized carbons (Fsp3) is 0.444. The lowest BCUT2D eigenvalue weighted by molar-refractivity contribution is 0.181. The zero-order valence-corrected chi connectivity index (χ0v) is 14.4. The fourth-order valence-electron chi connectivity index (χ4n) is 3.39. The molecular formula is C18H22N6O. The van der Waals surface area contributed by atoms with Crippen molar-refractivity contribution in [3.8, 4) is 11.5 Å². The minimum atomic E-state index is 0.178. The molecule has 0 aromatic carbocycles. The molecule has 0 spiro atoms. The minimum absolute atomic E-state index is 0.178. The van der Waals surface area contributed by atoms with E-state index >= 15 is 0 Å². The number of aryl methyl sites for hydroxylation is 1. The van der Waals surface area contributed by atoms with Crippen LogP contribution in [-0.4, -0.2) is 36.3 Å². The second-order valence-electron chi connectivity index (χ2n) is 6.56. The molecule has 1 aliphatic heterocycles. The molecule has 1 aliphatic rings. The van der Waals surface area contributed by atoms with Gasteiger partial charge in [-0.15, -0.1) is 0 Å². The fourth-order valence-corrected chi connectivity index (χ4v) is 3.39. The molecular weight excluding hydrogens is 316 g/mol. The van der Waals surface area contributed by atoms with Crippen LogP contribution in [0.1, 0.15) is 43.1 Å². The highest BCUT2D eigenvalue weighted by Gasteiger charge is 2.27. The van der Waals surface area contributed by atoms with E-state index in [0.717, 1.165) is 30.9 Å². The summed E-state index contributed by atoms with van der Waals surface area (Å²) in [5.74, 6) is 1.30. The lowest BCUT2D eigenvalue weighted by Gasteiger charge is -2.27. The Hall–Kier alpha value is -2.54. The van der Waals surface area contributed by atoms with Crippen molar-refractivity contribution in [3.63, 3.8) is 0 Å². The molecule has 0 saturated carbocycles. The number of hydrogen-bond donors (Lipinski definition) is 0. The summed E-state index contributed by atoms with van der Waals surface area (Å²) in [5.41, 5.74) is 2.07. The average molecular weight is 338 g/mol. The van der Waals surface area contributed by atoms with E-state index in [1.807, 2.05) is 31.7 Å². The van der Waals surface area contributed by atoms with Gasteiger partial charge in [0.05, 0.1) is 17.8 Å². The van der Waals surface area contributed by atoms with E-state index in [2.05, 4.69) is 31.2 Å². The highest BCUT2D eigenvalue weighted by atomic mass is 16.5. The molecule has 1 saturated heterocycles. The normalized spacial score (nSPS) is 19.0. The Morgan fingerprint density at radius 3 is 3.00 bits per heavy atom. The number of rotatable bonds is 4. The van der Waals surface area contributed by atoms with Gasteiger partial charge in [-0.25, -0.2) is 0 Å². The van der Waals surface area contributed by atoms with Crippen molar-refractivity contribution in [1.82, 2.24) is 29.8 Å². The first-order chi connectivity index (χ1) is 12.3. The molecule has 1 fully saturated rings. The maximum atomic E-state index is 5.50. The molecule has 4 heterocycles. The number of nitrogens with zero attached hydrogens (tertiary/aromatic N) is 6. The van der Waals surface area contributed by atoms with Crippen LogP contribution in [0.25, 0.3) is 11.5 Å². The predicted molar refractivity (Wildman–Crippen MR) is 92.4 cm³/mol. The SMILES string of the molecule is Cn1cc(-c2nc([C@@H]3CCCCCN3Cc3cccnc3)no2)cn1. The summed E-state index contributed by atoms with van der Waals surface area (Å²) in [6.45, 7) is 1.89. The Balaban J connectivity index is 1.58. The first-order valence-electron chi connectivity index (χ1n) is 8.75. The van der Waals surface area contributed by atoms with E-state index in [1.54, 1.807) is 10.9 Å². The molecule has 3 aromatic rings. The molecule has 0 N–H and O–H groups in total. The molecule has 0 bridgehead atoms. The van der Waals surface area contributed by atoms with Gasteiger partial charge in [-0.3, -0.25) is 14.6 Å². The second kappa shape index (κ2) is 7.14. The van der Waals surface area contributed by atoms with Crippen LogP contribution in [0.5, 0.6) is 0 Å². The summed E-state index contributed by atoms with van der Waals surface area (Å²) in [7, 11) is 1.88. The van der Waals surface area contributed by atoms with Gasteiger partial charge in [0.25, 0.3) is 5.89 Å². The van der Waals surface area contributed by atoms with Gasteiger partial charge in [0, 0.05) is 32.2 Å². The summed E-state index contributed by atoms with van der Waals surface area (Å²) >= 11 is 0. The Kier molecular flexibility index (Phi) is 4.56. The molecule has 0 aliphatic carbocycles. The third-order valence-electron chi connectivity index (χ3n) is 4.66. The zero-order valence-electron chi connectivity index (χ0n) is 14.4. The monoisotopic (exact) mass is 338 g/mol. The van der Waals surface area contributed by atoms with E-state index in [-0.39, 0.29) is 6.04 Å². The van der Waals surface area contributed by atoms with Crippen LogP contribution >= 0.6 is 0 Å². The standard InChI is InChI=1S/C18H22N6O/c1-23-13-15(11-20-23)18-21-17(22-25-18)16-7-3-2-4-9-24(16)12-14-6-5-8-19-10-14/h5-6,8,10-11,13,16H,2-4,7,9,12H2,1H3/t16-/m0/s1. The summed E-state index contributed by atoms with van der Waals surface area (Å²) in [6, 6.07) is 4.28. The van der Waals surface area contributed by atoms with Crippen molar-refractivity contribution in [2.75, 3.05) is 6.54 Å². The van der Waals surface area contributed by atoms with Crippen molar-refractivity contribution in [2.24, 2.45) is 7.05 Å². The number of aromatic nitrogens is 5. The van der Waals surface area contributed by atoms with Crippen molar-refractivity contribution < 1.29 is 4.52 Å². The van der Waals surface area contributed by atoms with Gasteiger partial charge in [0.2, 0.25) is 0 Å². The topological polar surface area (TPSA) is 72.9 Å². The number of likely N-dealkylation sites (tertiary alicyclic amines) is 1. The highest BCUT2D eigenvalue weighted by Crippen LogP contribution is 2.31. The molecule has 25 heavy (non-hydrogen) atoms. The van der Waals surface area contributed by atoms with Crippen LogP contribution in [0.2, 0.25) is 0 Å². The van der Waals surface area contributed by atoms with Crippen molar-refractivity contribution >= 4 is 0 Å². The lowest BCUT2D eigenvalue weighted by atomic mass is 10.1. The van der Waals surface area contributed by atoms with Gasteiger partial charge in [0.15, 0.2) is 5.82 Å². The van der Waals surface area contributed by atoms with Crippen LogP contribution < -0.4 is 0 Å². The third-order valence-corrected chi connectivity index (χ3v) is 4.66. The maximum absolute atomic E-state index is 5.50. The summed E-state index contributed by atoms with van der Waals surface area (Å²) in [5, 5.41) is 8.45. The van der Waals surface area contributed by atoms with Gasteiger partial charge in [-0.05, 0) is 31.0 Å². The van der Waals surface area contributed by atoms with E-state index < -0.39 is 0 Å². The molecule has 0 amide bonds. The van der Waals surface area contributed by atoms with Crippen molar-refractivity contribution in [2.45, 2.75) is 38.3 Å². The Morgan fingerprint density at radius 1 is 1.24 bits per heavy atom. The maximum Gasteiger partial charge on any atom is 0.261 e. The van der Waals surface area contributed by atoms with Crippen molar-refractivity contribution in [3.05, 3.63) is 48.3 Å². The van der Waals surface area contributed by atoms with Crippen LogP contribution in [0.4, 0.5) is 0 Å². The second-order valence-corrected chi connectivity index (χ2v) is 6.56. The van der Waals surface area contributed by atoms with Gasteiger partial charge in [-0.1, -0.05) is 24.1 Å². The average Bonchev–Trinajstić information content (AvgIpc) is 3.22. The Bertz CT molecular complexity index is 812. The minimum Gasteiger partial charge on any atom is -0.334 e. The Morgan fingerprint density at radius 2 is 2.20 bits per heavy atom. The van der Waals surface area contributed by atoms with Crippen LogP contribution in [0, 0.1) is 0 Å². The third kappa shape index (κ3) is 3.61. The molecule has 7 nitrogen and oxygen atoms in total. The molecule has 1 atom stereocenters. The summed E-state index contributed by atoms with van der Waals surface area (Å²) in [4.78, 5) is 11.3. The van der Waals surface area contributed by atoms with E-state index in [4.69, 9.17) is 4.52 Å². The van der Waals surface area contributed by atoms with Gasteiger partial charge in [-0.2, -0.15) is 10.1 Å². The van der Waals surface area contributed by atoms with Gasteiger partial charge >= 0.3 is 0 Å². The van der Waals surface area contributed by atoms with Crippen molar-refractivity contribution in [1.29, 1.82) is 0 Å². The predicted octanol–water partition coefficient (Wildman–Crippen LogP) is 2.98. The van der Waals surface area contributed by atoms with Crippen LogP contribution in [0.3, 0.4) is 0 Å². The summed E-state index contributed by atoms with van der Waals surface area (Å²) in [6.07, 6.45) is 12.0. The molecule has 3 aromatic heterocycles. The van der Waals surface area contributed by atoms with Crippen LogP contribution in [-0.2, 0) is 13.6 Å². The molecule has 0 unspecified atom stereocenters. The van der Waals surface area contributed by atoms with E-state index in [9.17, 15) is 0 Å². The molecule has 0 radical (unpaired) electrons. The van der Waals surface area contributed by atoms with Gasteiger partial charge < -0.3 is 4.52 Å². The quantitative estimate of drug-likeness (QED) is 0.728. The first kappa shape index (κ1) is 16.0. The van der Waals surface area contributed by atoms with E-state index in [1.165, 1.54) is 24.8 Å². The largest absolute Gasteiger partial charge is 0.334 e. The summed E-state index contributed by atoms with van der Waals surface area (Å²) < 4.78 is 7.24. The smallest absolute Gasteiger partial charge is 0.261 e. The van der Waals surface area contributed by atoms with Crippen LogP contribution in [0.15, 0.2) is 41.4 Å². The number of pyridine rings is 1.